The molecule has 0 saturated heterocycles. The highest BCUT2D eigenvalue weighted by Gasteiger charge is 2.20. The van der Waals surface area contributed by atoms with Gasteiger partial charge in [0, 0.05) is 15.2 Å². The number of amides is 1. The third-order valence-corrected chi connectivity index (χ3v) is 6.12. The van der Waals surface area contributed by atoms with Gasteiger partial charge in [0.15, 0.2) is 0 Å². The highest BCUT2D eigenvalue weighted by Crippen LogP contribution is 2.36. The van der Waals surface area contributed by atoms with Crippen molar-refractivity contribution in [3.63, 3.8) is 0 Å². The van der Waals surface area contributed by atoms with Gasteiger partial charge in [0.25, 0.3) is 5.91 Å². The molecular formula is C17H10Cl2I2N2O2. The molecule has 3 aromatic rings. The minimum atomic E-state index is -0.288. The molecule has 1 N–H and O–H groups in total. The molecule has 0 aliphatic heterocycles. The average Bonchev–Trinajstić information content (AvgIpc) is 2.59. The van der Waals surface area contributed by atoms with E-state index in [-0.39, 0.29) is 5.91 Å². The van der Waals surface area contributed by atoms with E-state index in [4.69, 9.17) is 27.9 Å². The largest absolute Gasteiger partial charge is 0.496 e. The first-order valence-corrected chi connectivity index (χ1v) is 9.91. The summed E-state index contributed by atoms with van der Waals surface area (Å²) >= 11 is 16.7. The molecule has 0 radical (unpaired) electrons. The van der Waals surface area contributed by atoms with Gasteiger partial charge in [-0.1, -0.05) is 23.2 Å². The number of anilines is 1. The maximum atomic E-state index is 12.9. The third kappa shape index (κ3) is 3.67. The number of rotatable bonds is 3. The van der Waals surface area contributed by atoms with E-state index in [0.717, 1.165) is 12.5 Å². The molecule has 0 atom stereocenters. The van der Waals surface area contributed by atoms with Gasteiger partial charge in [-0.2, -0.15) is 0 Å². The molecule has 4 nitrogen and oxygen atoms in total. The third-order valence-electron chi connectivity index (χ3n) is 3.54. The van der Waals surface area contributed by atoms with Gasteiger partial charge >= 0.3 is 0 Å². The number of benzene rings is 2. The zero-order valence-corrected chi connectivity index (χ0v) is 18.6. The van der Waals surface area contributed by atoms with Crippen LogP contribution < -0.4 is 10.1 Å². The lowest BCUT2D eigenvalue weighted by molar-refractivity contribution is 0.102. The van der Waals surface area contributed by atoms with Gasteiger partial charge in [0.05, 0.1) is 37.5 Å². The number of nitrogens with one attached hydrogen (secondary N) is 1. The monoisotopic (exact) mass is 598 g/mol. The predicted octanol–water partition coefficient (Wildman–Crippen LogP) is 6.01. The van der Waals surface area contributed by atoms with Gasteiger partial charge in [0.1, 0.15) is 5.75 Å². The number of carbonyl (C=O) groups is 1. The van der Waals surface area contributed by atoms with E-state index in [2.05, 4.69) is 55.5 Å². The van der Waals surface area contributed by atoms with Crippen molar-refractivity contribution in [1.82, 2.24) is 4.98 Å². The summed E-state index contributed by atoms with van der Waals surface area (Å²) < 4.78 is 6.84. The highest BCUT2D eigenvalue weighted by molar-refractivity contribution is 14.1. The molecule has 1 heterocycles. The van der Waals surface area contributed by atoms with E-state index in [1.54, 1.807) is 25.4 Å². The lowest BCUT2D eigenvalue weighted by atomic mass is 10.1. The Hall–Kier alpha value is -0.840. The number of hydrogen-bond acceptors (Lipinski definition) is 3. The second kappa shape index (κ2) is 7.81. The average molecular weight is 599 g/mol. The van der Waals surface area contributed by atoms with Crippen LogP contribution in [-0.2, 0) is 0 Å². The molecule has 0 aliphatic rings. The lowest BCUT2D eigenvalue weighted by Gasteiger charge is -2.14. The molecule has 0 aliphatic carbocycles. The number of ether oxygens (including phenoxy) is 1. The van der Waals surface area contributed by atoms with Crippen molar-refractivity contribution < 1.29 is 9.53 Å². The molecule has 0 unspecified atom stereocenters. The summed E-state index contributed by atoms with van der Waals surface area (Å²) in [6.45, 7) is 0. The molecule has 25 heavy (non-hydrogen) atoms. The summed E-state index contributed by atoms with van der Waals surface area (Å²) in [5, 5.41) is 4.41. The van der Waals surface area contributed by atoms with Crippen molar-refractivity contribution in [2.75, 3.05) is 12.4 Å². The fourth-order valence-electron chi connectivity index (χ4n) is 2.37. The minimum Gasteiger partial charge on any atom is -0.496 e. The quantitative estimate of drug-likeness (QED) is 0.376. The molecule has 8 heteroatoms. The number of pyridine rings is 1. The molecule has 0 spiro atoms. The minimum absolute atomic E-state index is 0.288. The maximum absolute atomic E-state index is 12.9. The first-order valence-electron chi connectivity index (χ1n) is 7.00. The summed E-state index contributed by atoms with van der Waals surface area (Å²) in [4.78, 5) is 17.2. The maximum Gasteiger partial charge on any atom is 0.258 e. The summed E-state index contributed by atoms with van der Waals surface area (Å²) in [5.74, 6) is 0.347. The Kier molecular flexibility index (Phi) is 5.92. The van der Waals surface area contributed by atoms with Crippen LogP contribution in [0.25, 0.3) is 10.9 Å². The van der Waals surface area contributed by atoms with Crippen molar-refractivity contribution >= 4 is 90.9 Å². The topological polar surface area (TPSA) is 51.2 Å². The van der Waals surface area contributed by atoms with Gasteiger partial charge in [0.2, 0.25) is 0 Å². The van der Waals surface area contributed by atoms with E-state index in [1.807, 2.05) is 18.2 Å². The lowest BCUT2D eigenvalue weighted by Crippen LogP contribution is -2.16. The molecule has 128 valence electrons. The van der Waals surface area contributed by atoms with Crippen molar-refractivity contribution in [3.05, 3.63) is 59.3 Å². The van der Waals surface area contributed by atoms with Crippen LogP contribution in [-0.4, -0.2) is 18.0 Å². The van der Waals surface area contributed by atoms with Crippen molar-refractivity contribution in [3.8, 4) is 5.75 Å². The molecule has 2 aromatic carbocycles. The van der Waals surface area contributed by atoms with Crippen LogP contribution >= 0.6 is 68.4 Å². The Labute approximate surface area is 181 Å². The summed E-state index contributed by atoms with van der Waals surface area (Å²) in [6, 6.07) is 8.87. The standard InChI is InChI=1S/C17H10Cl2I2N2O2/c1-25-12-5-4-11(20)13(14(12)21)17(24)23-16-10(19)7-9(18)8-3-2-6-22-15(8)16/h2-7H,1H3,(H,23,24). The predicted molar refractivity (Wildman–Crippen MR) is 118 cm³/mol. The Morgan fingerprint density at radius 3 is 2.68 bits per heavy atom. The van der Waals surface area contributed by atoms with Crippen LogP contribution in [0.4, 0.5) is 5.69 Å². The summed E-state index contributed by atoms with van der Waals surface area (Å²) in [6.07, 6.45) is 1.63. The number of methoxy groups -OCH3 is 1. The molecule has 1 aromatic heterocycles. The Morgan fingerprint density at radius 1 is 1.20 bits per heavy atom. The van der Waals surface area contributed by atoms with Gasteiger partial charge in [-0.15, -0.1) is 0 Å². The second-order valence-corrected chi connectivity index (χ2v) is 8.06. The molecular weight excluding hydrogens is 589 g/mol. The second-order valence-electron chi connectivity index (χ2n) is 5.01. The van der Waals surface area contributed by atoms with Gasteiger partial charge < -0.3 is 10.1 Å². The normalized spacial score (nSPS) is 10.8. The van der Waals surface area contributed by atoms with Crippen molar-refractivity contribution in [1.29, 1.82) is 0 Å². The number of halogens is 4. The van der Waals surface area contributed by atoms with E-state index in [1.165, 1.54) is 0 Å². The van der Waals surface area contributed by atoms with E-state index in [9.17, 15) is 4.79 Å². The SMILES string of the molecule is COc1ccc(I)c(C(=O)Nc2c(Cl)cc(Cl)c3cccnc23)c1I. The molecule has 1 amide bonds. The first-order chi connectivity index (χ1) is 11.9. The smallest absolute Gasteiger partial charge is 0.258 e. The van der Waals surface area contributed by atoms with E-state index >= 15 is 0 Å². The van der Waals surface area contributed by atoms with Crippen LogP contribution in [0.15, 0.2) is 36.5 Å². The Bertz CT molecular complexity index is 996. The Morgan fingerprint density at radius 2 is 1.96 bits per heavy atom. The molecule has 0 saturated carbocycles. The zero-order chi connectivity index (χ0) is 18.1. The number of fused-ring (bicyclic) bond motifs is 1. The van der Waals surface area contributed by atoms with E-state index in [0.29, 0.717) is 32.6 Å². The zero-order valence-electron chi connectivity index (χ0n) is 12.7. The van der Waals surface area contributed by atoms with Crippen LogP contribution in [0.5, 0.6) is 5.75 Å². The molecule has 0 bridgehead atoms. The first kappa shape index (κ1) is 18.9. The number of carbonyl (C=O) groups excluding carboxylic acids is 1. The van der Waals surface area contributed by atoms with Crippen LogP contribution in [0.2, 0.25) is 10.0 Å². The van der Waals surface area contributed by atoms with Crippen LogP contribution in [0.3, 0.4) is 0 Å². The molecule has 0 fully saturated rings. The fourth-order valence-corrected chi connectivity index (χ4v) is 5.07. The van der Waals surface area contributed by atoms with Gasteiger partial charge in [-0.25, -0.2) is 0 Å². The van der Waals surface area contributed by atoms with Crippen molar-refractivity contribution in [2.24, 2.45) is 0 Å². The molecule has 3 rings (SSSR count). The Balaban J connectivity index is 2.10. The number of nitrogens with zero attached hydrogens (tertiary/aromatic N) is 1. The van der Waals surface area contributed by atoms with E-state index < -0.39 is 0 Å². The number of hydrogen-bond donors (Lipinski definition) is 1. The number of aromatic nitrogens is 1. The fraction of sp³-hybridized carbons (Fsp3) is 0.0588. The van der Waals surface area contributed by atoms with Gasteiger partial charge in [-0.3, -0.25) is 9.78 Å². The van der Waals surface area contributed by atoms with Crippen LogP contribution in [0, 0.1) is 7.14 Å². The van der Waals surface area contributed by atoms with Crippen LogP contribution in [0.1, 0.15) is 10.4 Å². The van der Waals surface area contributed by atoms with Crippen molar-refractivity contribution in [2.45, 2.75) is 0 Å². The summed E-state index contributed by atoms with van der Waals surface area (Å²) in [7, 11) is 1.57. The summed E-state index contributed by atoms with van der Waals surface area (Å²) in [5.41, 5.74) is 1.50. The van der Waals surface area contributed by atoms with Gasteiger partial charge in [-0.05, 0) is 75.5 Å². The highest BCUT2D eigenvalue weighted by atomic mass is 127.